The Morgan fingerprint density at radius 1 is 1.18 bits per heavy atom. The summed E-state index contributed by atoms with van der Waals surface area (Å²) in [6.07, 6.45) is 0.672. The van der Waals surface area contributed by atoms with Gasteiger partial charge < -0.3 is 4.42 Å². The molecule has 0 radical (unpaired) electrons. The second-order valence-electron chi connectivity index (χ2n) is 3.58. The number of halogens is 2. The van der Waals surface area contributed by atoms with Crippen LogP contribution in [0.3, 0.4) is 0 Å². The highest BCUT2D eigenvalue weighted by molar-refractivity contribution is 6.07. The van der Waals surface area contributed by atoms with Crippen molar-refractivity contribution >= 4 is 5.78 Å². The number of ketones is 1. The van der Waals surface area contributed by atoms with Gasteiger partial charge in [-0.3, -0.25) is 4.79 Å². The van der Waals surface area contributed by atoms with E-state index in [0.29, 0.717) is 12.2 Å². The Morgan fingerprint density at radius 2 is 1.94 bits per heavy atom. The first kappa shape index (κ1) is 11.5. The summed E-state index contributed by atoms with van der Waals surface area (Å²) in [5, 5.41) is 0. The fourth-order valence-corrected chi connectivity index (χ4v) is 1.47. The molecule has 2 nitrogen and oxygen atoms in total. The van der Waals surface area contributed by atoms with Crippen LogP contribution in [0.2, 0.25) is 0 Å². The van der Waals surface area contributed by atoms with Gasteiger partial charge in [0.2, 0.25) is 5.78 Å². The highest BCUT2D eigenvalue weighted by Crippen LogP contribution is 2.16. The Kier molecular flexibility index (Phi) is 3.04. The number of carbonyl (C=O) groups excluding carboxylic acids is 1. The van der Waals surface area contributed by atoms with E-state index in [4.69, 9.17) is 4.42 Å². The van der Waals surface area contributed by atoms with Crippen molar-refractivity contribution in [3.63, 3.8) is 0 Å². The van der Waals surface area contributed by atoms with E-state index >= 15 is 0 Å². The zero-order valence-corrected chi connectivity index (χ0v) is 9.17. The predicted molar refractivity (Wildman–Crippen MR) is 57.9 cm³/mol. The summed E-state index contributed by atoms with van der Waals surface area (Å²) in [5.74, 6) is -1.67. The molecule has 1 aromatic heterocycles. The van der Waals surface area contributed by atoms with Gasteiger partial charge in [0.1, 0.15) is 5.76 Å². The molecular formula is C13H10F2O2. The molecular weight excluding hydrogens is 226 g/mol. The molecule has 1 heterocycles. The lowest BCUT2D eigenvalue weighted by Gasteiger charge is -1.99. The van der Waals surface area contributed by atoms with E-state index in [1.165, 1.54) is 12.1 Å². The van der Waals surface area contributed by atoms with Crippen LogP contribution in [-0.2, 0) is 6.42 Å². The van der Waals surface area contributed by atoms with Gasteiger partial charge in [0.15, 0.2) is 17.4 Å². The van der Waals surface area contributed by atoms with E-state index in [9.17, 15) is 13.6 Å². The summed E-state index contributed by atoms with van der Waals surface area (Å²) < 4.78 is 30.9. The van der Waals surface area contributed by atoms with Crippen LogP contribution in [0.5, 0.6) is 0 Å². The van der Waals surface area contributed by atoms with Gasteiger partial charge in [-0.05, 0) is 30.3 Å². The maximum absolute atomic E-state index is 13.0. The molecule has 0 atom stereocenters. The minimum Gasteiger partial charge on any atom is -0.458 e. The number of hydrogen-bond donors (Lipinski definition) is 0. The predicted octanol–water partition coefficient (Wildman–Crippen LogP) is 3.35. The van der Waals surface area contributed by atoms with E-state index in [2.05, 4.69) is 0 Å². The molecule has 0 unspecified atom stereocenters. The highest BCUT2D eigenvalue weighted by Gasteiger charge is 2.15. The SMILES string of the molecule is CCc1ccc(C(=O)c2ccc(F)c(F)c2)o1. The molecule has 2 aromatic rings. The van der Waals surface area contributed by atoms with Gasteiger partial charge in [-0.2, -0.15) is 0 Å². The molecule has 0 N–H and O–H groups in total. The molecule has 0 spiro atoms. The normalized spacial score (nSPS) is 10.5. The number of aryl methyl sites for hydroxylation is 1. The standard InChI is InChI=1S/C13H10F2O2/c1-2-9-4-6-12(17-9)13(16)8-3-5-10(14)11(15)7-8/h3-7H,2H2,1H3. The van der Waals surface area contributed by atoms with Gasteiger partial charge in [-0.15, -0.1) is 0 Å². The number of benzene rings is 1. The lowest BCUT2D eigenvalue weighted by atomic mass is 10.1. The molecule has 88 valence electrons. The third-order valence-corrected chi connectivity index (χ3v) is 2.42. The summed E-state index contributed by atoms with van der Waals surface area (Å²) in [7, 11) is 0. The van der Waals surface area contributed by atoms with E-state index in [0.717, 1.165) is 12.1 Å². The Hall–Kier alpha value is -1.97. The molecule has 0 amide bonds. The largest absolute Gasteiger partial charge is 0.458 e. The van der Waals surface area contributed by atoms with E-state index in [-0.39, 0.29) is 11.3 Å². The molecule has 0 bridgehead atoms. The van der Waals surface area contributed by atoms with Crippen molar-refractivity contribution < 1.29 is 18.0 Å². The highest BCUT2D eigenvalue weighted by atomic mass is 19.2. The Morgan fingerprint density at radius 3 is 2.53 bits per heavy atom. The van der Waals surface area contributed by atoms with Crippen molar-refractivity contribution in [3.05, 3.63) is 59.1 Å². The molecule has 2 rings (SSSR count). The second kappa shape index (κ2) is 4.49. The number of hydrogen-bond acceptors (Lipinski definition) is 2. The van der Waals surface area contributed by atoms with E-state index < -0.39 is 17.4 Å². The maximum Gasteiger partial charge on any atom is 0.228 e. The number of carbonyl (C=O) groups is 1. The average Bonchev–Trinajstić information content (AvgIpc) is 2.80. The van der Waals surface area contributed by atoms with Crippen molar-refractivity contribution in [2.45, 2.75) is 13.3 Å². The smallest absolute Gasteiger partial charge is 0.228 e. The molecule has 0 aliphatic heterocycles. The summed E-state index contributed by atoms with van der Waals surface area (Å²) in [6.45, 7) is 1.89. The van der Waals surface area contributed by atoms with E-state index in [1.807, 2.05) is 6.92 Å². The lowest BCUT2D eigenvalue weighted by molar-refractivity contribution is 0.101. The van der Waals surface area contributed by atoms with Gasteiger partial charge in [0, 0.05) is 12.0 Å². The Bertz CT molecular complexity index is 558. The minimum absolute atomic E-state index is 0.0703. The van der Waals surface area contributed by atoms with Crippen LogP contribution in [-0.4, -0.2) is 5.78 Å². The molecule has 0 fully saturated rings. The van der Waals surface area contributed by atoms with Crippen molar-refractivity contribution in [2.24, 2.45) is 0 Å². The number of rotatable bonds is 3. The van der Waals surface area contributed by atoms with E-state index in [1.54, 1.807) is 6.07 Å². The third-order valence-electron chi connectivity index (χ3n) is 2.42. The van der Waals surface area contributed by atoms with Gasteiger partial charge >= 0.3 is 0 Å². The van der Waals surface area contributed by atoms with Crippen LogP contribution < -0.4 is 0 Å². The first-order valence-corrected chi connectivity index (χ1v) is 5.20. The molecule has 1 aromatic carbocycles. The first-order valence-electron chi connectivity index (χ1n) is 5.20. The van der Waals surface area contributed by atoms with Crippen LogP contribution in [0.4, 0.5) is 8.78 Å². The topological polar surface area (TPSA) is 30.2 Å². The van der Waals surface area contributed by atoms with Gasteiger partial charge in [0.25, 0.3) is 0 Å². The summed E-state index contributed by atoms with van der Waals surface area (Å²) in [5.41, 5.74) is 0.0703. The molecule has 17 heavy (non-hydrogen) atoms. The van der Waals surface area contributed by atoms with Crippen LogP contribution in [0.1, 0.15) is 28.8 Å². The molecule has 0 aliphatic carbocycles. The van der Waals surface area contributed by atoms with Crippen LogP contribution in [0.15, 0.2) is 34.7 Å². The lowest BCUT2D eigenvalue weighted by Crippen LogP contribution is -2.01. The number of furan rings is 1. The zero-order valence-electron chi connectivity index (χ0n) is 9.17. The Balaban J connectivity index is 2.33. The first-order chi connectivity index (χ1) is 8.11. The van der Waals surface area contributed by atoms with Crippen LogP contribution in [0.25, 0.3) is 0 Å². The van der Waals surface area contributed by atoms with Gasteiger partial charge in [0.05, 0.1) is 0 Å². The molecule has 0 saturated heterocycles. The summed E-state index contributed by atoms with van der Waals surface area (Å²) in [6, 6.07) is 6.24. The van der Waals surface area contributed by atoms with Gasteiger partial charge in [-0.1, -0.05) is 6.92 Å². The molecule has 0 saturated carbocycles. The summed E-state index contributed by atoms with van der Waals surface area (Å²) >= 11 is 0. The average molecular weight is 236 g/mol. The van der Waals surface area contributed by atoms with Crippen LogP contribution >= 0.6 is 0 Å². The monoisotopic (exact) mass is 236 g/mol. The second-order valence-corrected chi connectivity index (χ2v) is 3.58. The van der Waals surface area contributed by atoms with Gasteiger partial charge in [-0.25, -0.2) is 8.78 Å². The van der Waals surface area contributed by atoms with Crippen molar-refractivity contribution in [2.75, 3.05) is 0 Å². The fourth-order valence-electron chi connectivity index (χ4n) is 1.47. The maximum atomic E-state index is 13.0. The van der Waals surface area contributed by atoms with Crippen molar-refractivity contribution in [1.29, 1.82) is 0 Å². The minimum atomic E-state index is -1.04. The Labute approximate surface area is 96.9 Å². The fraction of sp³-hybridized carbons (Fsp3) is 0.154. The van der Waals surface area contributed by atoms with Crippen molar-refractivity contribution in [3.8, 4) is 0 Å². The van der Waals surface area contributed by atoms with Crippen LogP contribution in [0, 0.1) is 11.6 Å². The zero-order chi connectivity index (χ0) is 12.4. The molecule has 0 aliphatic rings. The summed E-state index contributed by atoms with van der Waals surface area (Å²) in [4.78, 5) is 11.9. The van der Waals surface area contributed by atoms with Crippen molar-refractivity contribution in [1.82, 2.24) is 0 Å². The third kappa shape index (κ3) is 2.25. The quantitative estimate of drug-likeness (QED) is 0.765. The molecule has 4 heteroatoms.